The number of hydrogen-bond donors (Lipinski definition) is 2. The van der Waals surface area contributed by atoms with Gasteiger partial charge >= 0.3 is 6.03 Å². The van der Waals surface area contributed by atoms with Crippen LogP contribution < -0.4 is 15.4 Å². The quantitative estimate of drug-likeness (QED) is 0.842. The lowest BCUT2D eigenvalue weighted by atomic mass is 9.98. The molecule has 7 nitrogen and oxygen atoms in total. The molecule has 2 aliphatic rings. The Bertz CT molecular complexity index is 960. The second kappa shape index (κ2) is 7.58. The minimum atomic E-state index is -0.621. The molecule has 1 saturated heterocycles. The third-order valence-electron chi connectivity index (χ3n) is 5.41. The fourth-order valence-corrected chi connectivity index (χ4v) is 3.69. The number of amides is 3. The van der Waals surface area contributed by atoms with Crippen LogP contribution in [0, 0.1) is 6.92 Å². The Morgan fingerprint density at radius 2 is 1.90 bits per heavy atom. The van der Waals surface area contributed by atoms with Crippen LogP contribution >= 0.6 is 0 Å². The van der Waals surface area contributed by atoms with E-state index in [9.17, 15) is 9.59 Å². The summed E-state index contributed by atoms with van der Waals surface area (Å²) in [5.74, 6) is 0.537. The normalized spacial score (nSPS) is 17.7. The Labute approximate surface area is 169 Å². The zero-order chi connectivity index (χ0) is 20.4. The van der Waals surface area contributed by atoms with Gasteiger partial charge in [-0.05, 0) is 19.1 Å². The van der Waals surface area contributed by atoms with E-state index in [4.69, 9.17) is 9.73 Å². The predicted octanol–water partition coefficient (Wildman–Crippen LogP) is 2.95. The molecule has 4 rings (SSSR count). The van der Waals surface area contributed by atoms with Crippen molar-refractivity contribution in [1.82, 2.24) is 10.2 Å². The summed E-state index contributed by atoms with van der Waals surface area (Å²) in [5, 5.41) is 5.94. The zero-order valence-electron chi connectivity index (χ0n) is 16.6. The molecule has 0 saturated carbocycles. The van der Waals surface area contributed by atoms with Crippen molar-refractivity contribution in [1.29, 1.82) is 0 Å². The fraction of sp³-hybridized carbons (Fsp3) is 0.318. The van der Waals surface area contributed by atoms with Gasteiger partial charge in [0.25, 0.3) is 5.91 Å². The molecule has 0 aliphatic carbocycles. The summed E-state index contributed by atoms with van der Waals surface area (Å²) < 4.78 is 5.19. The fourth-order valence-electron chi connectivity index (χ4n) is 3.69. The number of urea groups is 1. The van der Waals surface area contributed by atoms with Crippen molar-refractivity contribution < 1.29 is 14.3 Å². The highest BCUT2D eigenvalue weighted by Gasteiger charge is 2.42. The number of anilines is 1. The number of ether oxygens (including phenoxy) is 1. The van der Waals surface area contributed by atoms with Gasteiger partial charge in [0.15, 0.2) is 0 Å². The van der Waals surface area contributed by atoms with E-state index in [1.54, 1.807) is 18.1 Å². The maximum Gasteiger partial charge on any atom is 0.321 e. The molecule has 2 N–H and O–H groups in total. The van der Waals surface area contributed by atoms with Crippen LogP contribution in [0.4, 0.5) is 10.5 Å². The smallest absolute Gasteiger partial charge is 0.321 e. The minimum absolute atomic E-state index is 0.150. The molecule has 7 heteroatoms. The topological polar surface area (TPSA) is 83.0 Å². The number of aliphatic imine (C=N–C) groups is 1. The van der Waals surface area contributed by atoms with Gasteiger partial charge < -0.3 is 20.3 Å². The molecule has 0 bridgehead atoms. The van der Waals surface area contributed by atoms with Gasteiger partial charge in [0.05, 0.1) is 7.11 Å². The van der Waals surface area contributed by atoms with Gasteiger partial charge in [0, 0.05) is 43.2 Å². The number of carbonyl (C=O) groups is 2. The number of methoxy groups -OCH3 is 1. The zero-order valence-corrected chi connectivity index (χ0v) is 16.6. The highest BCUT2D eigenvalue weighted by Crippen LogP contribution is 2.29. The average molecular weight is 392 g/mol. The summed E-state index contributed by atoms with van der Waals surface area (Å²) in [5.41, 5.74) is 2.49. The first kappa shape index (κ1) is 19.0. The third-order valence-corrected chi connectivity index (χ3v) is 5.41. The first-order valence-electron chi connectivity index (χ1n) is 9.67. The molecule has 0 aromatic heterocycles. The first-order chi connectivity index (χ1) is 14.0. The number of nitrogens with one attached hydrogen (secondary N) is 2. The van der Waals surface area contributed by atoms with Crippen LogP contribution in [0.2, 0.25) is 0 Å². The Kier molecular flexibility index (Phi) is 4.96. The second-order valence-corrected chi connectivity index (χ2v) is 7.46. The van der Waals surface area contributed by atoms with Gasteiger partial charge in [0.2, 0.25) is 0 Å². The van der Waals surface area contributed by atoms with Gasteiger partial charge in [-0.3, -0.25) is 9.79 Å². The first-order valence-corrected chi connectivity index (χ1v) is 9.67. The van der Waals surface area contributed by atoms with Gasteiger partial charge in [0.1, 0.15) is 17.1 Å². The molecule has 1 spiro atoms. The highest BCUT2D eigenvalue weighted by molar-refractivity contribution is 6.46. The van der Waals surface area contributed by atoms with Crippen molar-refractivity contribution in [2.45, 2.75) is 25.4 Å². The summed E-state index contributed by atoms with van der Waals surface area (Å²) in [7, 11) is 1.59. The van der Waals surface area contributed by atoms with E-state index in [1.807, 2.05) is 49.4 Å². The number of piperidine rings is 1. The van der Waals surface area contributed by atoms with Crippen molar-refractivity contribution in [3.8, 4) is 5.75 Å². The predicted molar refractivity (Wildman–Crippen MR) is 111 cm³/mol. The van der Waals surface area contributed by atoms with E-state index >= 15 is 0 Å². The molecule has 0 unspecified atom stereocenters. The van der Waals surface area contributed by atoms with Crippen molar-refractivity contribution in [2.75, 3.05) is 25.5 Å². The molecule has 2 aromatic rings. The summed E-state index contributed by atoms with van der Waals surface area (Å²) in [6, 6.07) is 14.9. The Balaban J connectivity index is 1.41. The number of benzene rings is 2. The van der Waals surface area contributed by atoms with Crippen LogP contribution in [-0.4, -0.2) is 48.4 Å². The monoisotopic (exact) mass is 392 g/mol. The minimum Gasteiger partial charge on any atom is -0.497 e. The molecule has 3 amide bonds. The largest absolute Gasteiger partial charge is 0.497 e. The lowest BCUT2D eigenvalue weighted by Gasteiger charge is -2.37. The van der Waals surface area contributed by atoms with E-state index in [-0.39, 0.29) is 11.9 Å². The van der Waals surface area contributed by atoms with Crippen LogP contribution in [0.5, 0.6) is 5.75 Å². The van der Waals surface area contributed by atoms with Crippen molar-refractivity contribution in [2.24, 2.45) is 4.99 Å². The van der Waals surface area contributed by atoms with Crippen molar-refractivity contribution >= 4 is 23.3 Å². The van der Waals surface area contributed by atoms with Gasteiger partial charge in [-0.1, -0.05) is 35.9 Å². The molecule has 0 radical (unpaired) electrons. The van der Waals surface area contributed by atoms with E-state index in [0.29, 0.717) is 43.1 Å². The number of likely N-dealkylation sites (tertiary alicyclic amines) is 1. The number of rotatable bonds is 3. The number of nitrogens with zero attached hydrogens (tertiary/aromatic N) is 2. The maximum atomic E-state index is 12.6. The molecule has 2 aliphatic heterocycles. The van der Waals surface area contributed by atoms with E-state index in [0.717, 1.165) is 11.1 Å². The summed E-state index contributed by atoms with van der Waals surface area (Å²) in [4.78, 5) is 31.6. The second-order valence-electron chi connectivity index (χ2n) is 7.46. The molecule has 0 atom stereocenters. The van der Waals surface area contributed by atoms with Crippen LogP contribution in [0.15, 0.2) is 53.5 Å². The molecule has 2 aromatic carbocycles. The highest BCUT2D eigenvalue weighted by atomic mass is 16.5. The summed E-state index contributed by atoms with van der Waals surface area (Å²) in [6.45, 7) is 3.04. The van der Waals surface area contributed by atoms with Gasteiger partial charge in [-0.2, -0.15) is 0 Å². The standard InChI is InChI=1S/C22H24N4O3/c1-15-6-8-16(9-7-15)19-20(27)25-22(24-19)10-12-26(13-11-22)21(28)23-17-4-3-5-18(14-17)29-2/h3-9,14H,10-13H2,1-2H3,(H,23,28)(H,25,27). The lowest BCUT2D eigenvalue weighted by Crippen LogP contribution is -2.53. The number of aryl methyl sites for hydroxylation is 1. The van der Waals surface area contributed by atoms with Crippen LogP contribution in [-0.2, 0) is 4.79 Å². The van der Waals surface area contributed by atoms with Crippen molar-refractivity contribution in [3.05, 3.63) is 59.7 Å². The summed E-state index contributed by atoms with van der Waals surface area (Å²) in [6.07, 6.45) is 1.17. The lowest BCUT2D eigenvalue weighted by molar-refractivity contribution is -0.115. The van der Waals surface area contributed by atoms with E-state index < -0.39 is 5.66 Å². The van der Waals surface area contributed by atoms with Crippen LogP contribution in [0.1, 0.15) is 24.0 Å². The Hall–Kier alpha value is -3.35. The van der Waals surface area contributed by atoms with E-state index in [1.165, 1.54) is 0 Å². The number of carbonyl (C=O) groups excluding carboxylic acids is 2. The molecular formula is C22H24N4O3. The molecule has 2 heterocycles. The van der Waals surface area contributed by atoms with Crippen molar-refractivity contribution in [3.63, 3.8) is 0 Å². The third kappa shape index (κ3) is 3.94. The Morgan fingerprint density at radius 1 is 1.17 bits per heavy atom. The van der Waals surface area contributed by atoms with Crippen LogP contribution in [0.3, 0.4) is 0 Å². The average Bonchev–Trinajstić information content (AvgIpc) is 3.04. The summed E-state index contributed by atoms with van der Waals surface area (Å²) >= 11 is 0. The van der Waals surface area contributed by atoms with E-state index in [2.05, 4.69) is 10.6 Å². The Morgan fingerprint density at radius 3 is 2.59 bits per heavy atom. The van der Waals surface area contributed by atoms with Gasteiger partial charge in [-0.25, -0.2) is 4.79 Å². The molecule has 150 valence electrons. The number of hydrogen-bond acceptors (Lipinski definition) is 4. The SMILES string of the molecule is COc1cccc(NC(=O)N2CCC3(CC2)N=C(c2ccc(C)cc2)C(=O)N3)c1. The maximum absolute atomic E-state index is 12.6. The van der Waals surface area contributed by atoms with Crippen LogP contribution in [0.25, 0.3) is 0 Å². The molecular weight excluding hydrogens is 368 g/mol. The molecule has 29 heavy (non-hydrogen) atoms. The van der Waals surface area contributed by atoms with Gasteiger partial charge in [-0.15, -0.1) is 0 Å². The molecule has 1 fully saturated rings.